The van der Waals surface area contributed by atoms with Gasteiger partial charge in [0.15, 0.2) is 22.9 Å². The maximum Gasteiger partial charge on any atom is 0.253 e. The number of thioether (sulfide) groups is 1. The average molecular weight is 439 g/mol. The molecule has 9 nitrogen and oxygen atoms in total. The monoisotopic (exact) mass is 438 g/mol. The zero-order chi connectivity index (χ0) is 22.8. The first-order valence-electron chi connectivity index (χ1n) is 9.04. The van der Waals surface area contributed by atoms with Crippen LogP contribution < -0.4 is 20.1 Å². The van der Waals surface area contributed by atoms with Gasteiger partial charge >= 0.3 is 0 Å². The lowest BCUT2D eigenvalue weighted by atomic mass is 10.1. The second kappa shape index (κ2) is 11.3. The number of nitrogens with zero attached hydrogens (tertiary/aromatic N) is 3. The molecule has 0 aliphatic carbocycles. The van der Waals surface area contributed by atoms with E-state index in [1.807, 2.05) is 18.3 Å². The Morgan fingerprint density at radius 2 is 1.90 bits per heavy atom. The van der Waals surface area contributed by atoms with Gasteiger partial charge in [0.25, 0.3) is 5.91 Å². The molecule has 0 radical (unpaired) electrons. The lowest BCUT2D eigenvalue weighted by molar-refractivity contribution is 0.0951. The molecule has 0 fully saturated rings. The van der Waals surface area contributed by atoms with Crippen molar-refractivity contribution in [2.24, 2.45) is 0 Å². The third-order valence-electron chi connectivity index (χ3n) is 4.28. The van der Waals surface area contributed by atoms with Gasteiger partial charge in [-0.3, -0.25) is 10.2 Å². The Morgan fingerprint density at radius 1 is 1.16 bits per heavy atom. The van der Waals surface area contributed by atoms with Crippen molar-refractivity contribution in [1.82, 2.24) is 10.2 Å². The van der Waals surface area contributed by atoms with Gasteiger partial charge in [0.05, 0.1) is 31.4 Å². The molecule has 2 aromatic rings. The van der Waals surface area contributed by atoms with Gasteiger partial charge in [-0.15, -0.1) is 0 Å². The molecule has 0 atom stereocenters. The molecule has 0 unspecified atom stereocenters. The fourth-order valence-electron chi connectivity index (χ4n) is 2.65. The van der Waals surface area contributed by atoms with Crippen LogP contribution >= 0.6 is 11.8 Å². The summed E-state index contributed by atoms with van der Waals surface area (Å²) in [5.74, 6) is 0.748. The topological polar surface area (TPSA) is 134 Å². The minimum atomic E-state index is -0.391. The molecule has 0 spiro atoms. The van der Waals surface area contributed by atoms with E-state index in [2.05, 4.69) is 10.6 Å². The van der Waals surface area contributed by atoms with Crippen LogP contribution in [0.3, 0.4) is 0 Å². The zero-order valence-electron chi connectivity index (χ0n) is 17.4. The van der Waals surface area contributed by atoms with Gasteiger partial charge in [-0.25, -0.2) is 4.90 Å². The van der Waals surface area contributed by atoms with Crippen LogP contribution in [-0.4, -0.2) is 43.1 Å². The van der Waals surface area contributed by atoms with Crippen LogP contribution in [0.5, 0.6) is 11.5 Å². The molecule has 2 aromatic carbocycles. The van der Waals surface area contributed by atoms with E-state index in [9.17, 15) is 15.3 Å². The van der Waals surface area contributed by atoms with Crippen LogP contribution in [0.15, 0.2) is 36.4 Å². The van der Waals surface area contributed by atoms with Gasteiger partial charge in [0.2, 0.25) is 0 Å². The number of hydrogen-bond donors (Lipinski definition) is 3. The minimum Gasteiger partial charge on any atom is -0.493 e. The maximum atomic E-state index is 12.8. The molecule has 0 saturated heterocycles. The quantitative estimate of drug-likeness (QED) is 0.188. The Bertz CT molecular complexity index is 1040. The Hall–Kier alpha value is -3.89. The number of ether oxygens (including phenoxy) is 2. The van der Waals surface area contributed by atoms with Gasteiger partial charge in [0.1, 0.15) is 6.67 Å². The third-order valence-corrected chi connectivity index (χ3v) is 4.89. The Balaban J connectivity index is 2.18. The number of benzene rings is 2. The van der Waals surface area contributed by atoms with Gasteiger partial charge in [0, 0.05) is 12.2 Å². The first kappa shape index (κ1) is 23.4. The summed E-state index contributed by atoms with van der Waals surface area (Å²) in [7, 11) is 3.08. The molecule has 160 valence electrons. The lowest BCUT2D eigenvalue weighted by Crippen LogP contribution is -2.30. The number of amides is 1. The van der Waals surface area contributed by atoms with Crippen molar-refractivity contribution in [3.8, 4) is 23.8 Å². The summed E-state index contributed by atoms with van der Waals surface area (Å²) in [4.78, 5) is 14.0. The van der Waals surface area contributed by atoms with Crippen LogP contribution in [0.4, 0.5) is 5.69 Å². The van der Waals surface area contributed by atoms with E-state index in [4.69, 9.17) is 14.9 Å². The predicted octanol–water partition coefficient (Wildman–Crippen LogP) is 2.96. The van der Waals surface area contributed by atoms with Crippen molar-refractivity contribution < 1.29 is 14.3 Å². The summed E-state index contributed by atoms with van der Waals surface area (Å²) in [6.45, 7) is 0.245. The van der Waals surface area contributed by atoms with Crippen molar-refractivity contribution in [3.05, 3.63) is 53.1 Å². The smallest absolute Gasteiger partial charge is 0.253 e. The van der Waals surface area contributed by atoms with Crippen LogP contribution in [0, 0.1) is 28.2 Å². The molecule has 0 aliphatic rings. The van der Waals surface area contributed by atoms with Crippen LogP contribution in [0.2, 0.25) is 0 Å². The maximum absolute atomic E-state index is 12.8. The van der Waals surface area contributed by atoms with E-state index < -0.39 is 5.91 Å². The standard InChI is InChI=1S/C21H22N6O3S/c1-29-18-7-5-15(9-19(18)30-2)11-25-20(28)16-8-14(10-22)4-6-17(16)26-13-27(12-23)21(24)31-3/h4-9,24,26H,11,13H2,1-3H3,(H,25,28). The van der Waals surface area contributed by atoms with Crippen molar-refractivity contribution in [3.63, 3.8) is 0 Å². The fourth-order valence-corrected chi connectivity index (χ4v) is 2.98. The second-order valence-corrected chi connectivity index (χ2v) is 6.91. The molecular formula is C21H22N6O3S. The number of carbonyl (C=O) groups excluding carboxylic acids is 1. The van der Waals surface area contributed by atoms with Gasteiger partial charge in [-0.1, -0.05) is 17.8 Å². The molecule has 0 aliphatic heterocycles. The largest absolute Gasteiger partial charge is 0.493 e. The highest BCUT2D eigenvalue weighted by molar-refractivity contribution is 8.13. The molecule has 2 rings (SSSR count). The molecule has 3 N–H and O–H groups in total. The summed E-state index contributed by atoms with van der Waals surface area (Å²) >= 11 is 1.13. The summed E-state index contributed by atoms with van der Waals surface area (Å²) in [6, 6.07) is 12.0. The van der Waals surface area contributed by atoms with Gasteiger partial charge in [-0.05, 0) is 42.2 Å². The van der Waals surface area contributed by atoms with Crippen molar-refractivity contribution in [2.45, 2.75) is 6.54 Å². The fraction of sp³-hybridized carbons (Fsp3) is 0.238. The SMILES string of the molecule is COc1ccc(CNC(=O)c2cc(C#N)ccc2NCN(C#N)C(=N)SC)cc1OC. The summed E-state index contributed by atoms with van der Waals surface area (Å²) in [5.41, 5.74) is 1.84. The number of hydrogen-bond acceptors (Lipinski definition) is 8. The number of rotatable bonds is 8. The van der Waals surface area contributed by atoms with Gasteiger partial charge in [-0.2, -0.15) is 10.5 Å². The number of nitrogens with one attached hydrogen (secondary N) is 3. The summed E-state index contributed by atoms with van der Waals surface area (Å²) in [5, 5.41) is 32.0. The molecule has 31 heavy (non-hydrogen) atoms. The second-order valence-electron chi connectivity index (χ2n) is 6.12. The van der Waals surface area contributed by atoms with Crippen molar-refractivity contribution in [2.75, 3.05) is 32.5 Å². The van der Waals surface area contributed by atoms with E-state index in [1.54, 1.807) is 37.6 Å². The minimum absolute atomic E-state index is 0.0119. The number of carbonyl (C=O) groups is 1. The zero-order valence-corrected chi connectivity index (χ0v) is 18.2. The number of nitriles is 2. The van der Waals surface area contributed by atoms with E-state index in [0.29, 0.717) is 22.7 Å². The average Bonchev–Trinajstić information content (AvgIpc) is 2.82. The molecule has 1 amide bonds. The van der Waals surface area contributed by atoms with E-state index in [0.717, 1.165) is 22.2 Å². The van der Waals surface area contributed by atoms with Gasteiger partial charge < -0.3 is 20.1 Å². The highest BCUT2D eigenvalue weighted by Crippen LogP contribution is 2.27. The first-order valence-corrected chi connectivity index (χ1v) is 10.3. The van der Waals surface area contributed by atoms with E-state index in [-0.39, 0.29) is 23.9 Å². The van der Waals surface area contributed by atoms with Crippen molar-refractivity contribution >= 4 is 28.5 Å². The summed E-state index contributed by atoms with van der Waals surface area (Å²) in [6.07, 6.45) is 3.61. The van der Waals surface area contributed by atoms with Crippen LogP contribution in [0.25, 0.3) is 0 Å². The number of methoxy groups -OCH3 is 2. The van der Waals surface area contributed by atoms with E-state index >= 15 is 0 Å². The molecular weight excluding hydrogens is 416 g/mol. The lowest BCUT2D eigenvalue weighted by Gasteiger charge is -2.18. The molecule has 10 heteroatoms. The Labute approximate surface area is 185 Å². The first-order chi connectivity index (χ1) is 15.0. The van der Waals surface area contributed by atoms with Crippen LogP contribution in [0.1, 0.15) is 21.5 Å². The van der Waals surface area contributed by atoms with Crippen molar-refractivity contribution in [1.29, 1.82) is 15.9 Å². The highest BCUT2D eigenvalue weighted by Gasteiger charge is 2.15. The van der Waals surface area contributed by atoms with E-state index in [1.165, 1.54) is 13.2 Å². The van der Waals surface area contributed by atoms with Crippen LogP contribution in [-0.2, 0) is 6.54 Å². The molecule has 0 bridgehead atoms. The number of amidine groups is 1. The predicted molar refractivity (Wildman–Crippen MR) is 119 cm³/mol. The third kappa shape index (κ3) is 6.04. The number of anilines is 1. The Kier molecular flexibility index (Phi) is 8.55. The summed E-state index contributed by atoms with van der Waals surface area (Å²) < 4.78 is 10.5. The highest BCUT2D eigenvalue weighted by atomic mass is 32.2. The molecule has 0 aromatic heterocycles. The molecule has 0 heterocycles. The Morgan fingerprint density at radius 3 is 2.52 bits per heavy atom. The normalized spacial score (nSPS) is 9.71. The molecule has 0 saturated carbocycles.